The lowest BCUT2D eigenvalue weighted by Crippen LogP contribution is -2.52. The molecule has 0 aromatic heterocycles. The monoisotopic (exact) mass is 530 g/mol. The predicted molar refractivity (Wildman–Crippen MR) is 137 cm³/mol. The molecule has 0 bridgehead atoms. The van der Waals surface area contributed by atoms with Gasteiger partial charge in [-0.2, -0.15) is 13.2 Å². The van der Waals surface area contributed by atoms with Gasteiger partial charge in [-0.15, -0.1) is 0 Å². The maximum absolute atomic E-state index is 13.4. The third-order valence-corrected chi connectivity index (χ3v) is 8.19. The number of hydrogen-bond donors (Lipinski definition) is 1. The normalized spacial score (nSPS) is 19.4. The number of alkyl halides is 3. The number of ether oxygens (including phenoxy) is 2. The van der Waals surface area contributed by atoms with Gasteiger partial charge in [0.25, 0.3) is 5.91 Å². The second kappa shape index (κ2) is 10.5. The van der Waals surface area contributed by atoms with Crippen LogP contribution in [0.2, 0.25) is 0 Å². The standard InChI is InChI=1S/C29H33F3N2O4/c1-37-24-10-7-22(17-25(24)38-18-19-3-4-19)26(35)34-15-11-21(12-16-34)20-5-8-23(9-6-20)33-27(36)28(13-2-14-28)29(30,31)32/h5-10,17,19,21H,2-4,11-16,18H2,1H3,(H,33,36). The van der Waals surface area contributed by atoms with Crippen LogP contribution in [0.25, 0.3) is 0 Å². The molecule has 3 aliphatic rings. The van der Waals surface area contributed by atoms with E-state index in [0.29, 0.717) is 54.8 Å². The molecule has 2 saturated carbocycles. The molecule has 5 rings (SSSR count). The highest BCUT2D eigenvalue weighted by atomic mass is 19.4. The van der Waals surface area contributed by atoms with Crippen molar-refractivity contribution in [1.29, 1.82) is 0 Å². The van der Waals surface area contributed by atoms with E-state index in [1.807, 2.05) is 17.0 Å². The lowest BCUT2D eigenvalue weighted by molar-refractivity contribution is -0.240. The van der Waals surface area contributed by atoms with Crippen LogP contribution in [0.4, 0.5) is 18.9 Å². The number of piperidine rings is 1. The Morgan fingerprint density at radius 1 is 1.00 bits per heavy atom. The molecule has 2 aliphatic carbocycles. The lowest BCUT2D eigenvalue weighted by atomic mass is 9.67. The van der Waals surface area contributed by atoms with Crippen LogP contribution < -0.4 is 14.8 Å². The molecule has 1 saturated heterocycles. The molecule has 1 N–H and O–H groups in total. The summed E-state index contributed by atoms with van der Waals surface area (Å²) in [7, 11) is 1.58. The molecular formula is C29H33F3N2O4. The van der Waals surface area contributed by atoms with E-state index in [1.54, 1.807) is 37.4 Å². The van der Waals surface area contributed by atoms with Gasteiger partial charge in [-0.05, 0) is 86.3 Å². The quantitative estimate of drug-likeness (QED) is 0.443. The molecule has 0 atom stereocenters. The molecule has 2 amide bonds. The van der Waals surface area contributed by atoms with Crippen molar-refractivity contribution in [1.82, 2.24) is 4.90 Å². The Labute approximate surface area is 220 Å². The van der Waals surface area contributed by atoms with Crippen LogP contribution in [-0.4, -0.2) is 49.7 Å². The zero-order valence-electron chi connectivity index (χ0n) is 21.5. The second-order valence-electron chi connectivity index (χ2n) is 10.7. The van der Waals surface area contributed by atoms with Crippen LogP contribution in [-0.2, 0) is 4.79 Å². The van der Waals surface area contributed by atoms with Gasteiger partial charge in [-0.3, -0.25) is 9.59 Å². The molecule has 0 radical (unpaired) electrons. The topological polar surface area (TPSA) is 67.9 Å². The fourth-order valence-electron chi connectivity index (χ4n) is 5.27. The van der Waals surface area contributed by atoms with E-state index in [4.69, 9.17) is 9.47 Å². The second-order valence-corrected chi connectivity index (χ2v) is 10.7. The van der Waals surface area contributed by atoms with Gasteiger partial charge in [-0.25, -0.2) is 0 Å². The number of hydrogen-bond acceptors (Lipinski definition) is 4. The minimum absolute atomic E-state index is 0.0463. The number of nitrogens with one attached hydrogen (secondary N) is 1. The van der Waals surface area contributed by atoms with E-state index in [0.717, 1.165) is 18.4 Å². The summed E-state index contributed by atoms with van der Waals surface area (Å²) in [6.07, 6.45) is -0.575. The van der Waals surface area contributed by atoms with Crippen LogP contribution in [0.1, 0.15) is 66.8 Å². The first kappa shape index (κ1) is 26.4. The molecule has 204 valence electrons. The molecule has 1 aliphatic heterocycles. The molecule has 38 heavy (non-hydrogen) atoms. The van der Waals surface area contributed by atoms with Crippen molar-refractivity contribution in [3.05, 3.63) is 53.6 Å². The molecule has 6 nitrogen and oxygen atoms in total. The fourth-order valence-corrected chi connectivity index (χ4v) is 5.27. The first-order chi connectivity index (χ1) is 18.2. The van der Waals surface area contributed by atoms with Crippen LogP contribution in [0.5, 0.6) is 11.5 Å². The SMILES string of the molecule is COc1ccc(C(=O)N2CCC(c3ccc(NC(=O)C4(C(F)(F)F)CCC4)cc3)CC2)cc1OCC1CC1. The first-order valence-electron chi connectivity index (χ1n) is 13.3. The van der Waals surface area contributed by atoms with Crippen molar-refractivity contribution >= 4 is 17.5 Å². The summed E-state index contributed by atoms with van der Waals surface area (Å²) in [5.74, 6) is 0.992. The Hall–Kier alpha value is -3.23. The first-order valence-corrected chi connectivity index (χ1v) is 13.3. The number of carbonyl (C=O) groups is 2. The number of likely N-dealkylation sites (tertiary alicyclic amines) is 1. The summed E-state index contributed by atoms with van der Waals surface area (Å²) >= 11 is 0. The van der Waals surface area contributed by atoms with E-state index in [9.17, 15) is 22.8 Å². The zero-order valence-corrected chi connectivity index (χ0v) is 21.5. The van der Waals surface area contributed by atoms with Gasteiger partial charge >= 0.3 is 6.18 Å². The number of methoxy groups -OCH3 is 1. The van der Waals surface area contributed by atoms with Crippen LogP contribution >= 0.6 is 0 Å². The van der Waals surface area contributed by atoms with E-state index in [1.165, 1.54) is 12.8 Å². The Kier molecular flexibility index (Phi) is 7.29. The highest BCUT2D eigenvalue weighted by Gasteiger charge is 2.63. The van der Waals surface area contributed by atoms with E-state index >= 15 is 0 Å². The molecule has 3 fully saturated rings. The summed E-state index contributed by atoms with van der Waals surface area (Å²) in [6.45, 7) is 1.83. The van der Waals surface area contributed by atoms with E-state index in [-0.39, 0.29) is 24.7 Å². The third-order valence-electron chi connectivity index (χ3n) is 8.19. The minimum atomic E-state index is -4.54. The van der Waals surface area contributed by atoms with Gasteiger partial charge in [-0.1, -0.05) is 18.6 Å². The lowest BCUT2D eigenvalue weighted by Gasteiger charge is -2.41. The average Bonchev–Trinajstić information content (AvgIpc) is 3.70. The maximum Gasteiger partial charge on any atom is 0.403 e. The van der Waals surface area contributed by atoms with Gasteiger partial charge in [0.1, 0.15) is 5.41 Å². The van der Waals surface area contributed by atoms with E-state index in [2.05, 4.69) is 5.32 Å². The number of halogens is 3. The molecule has 0 unspecified atom stereocenters. The molecule has 9 heteroatoms. The molecule has 2 aromatic carbocycles. The van der Waals surface area contributed by atoms with Gasteiger partial charge in [0.15, 0.2) is 11.5 Å². The van der Waals surface area contributed by atoms with Crippen molar-refractivity contribution in [3.63, 3.8) is 0 Å². The van der Waals surface area contributed by atoms with Gasteiger partial charge < -0.3 is 19.7 Å². The molecule has 1 heterocycles. The van der Waals surface area contributed by atoms with E-state index < -0.39 is 17.5 Å². The van der Waals surface area contributed by atoms with Gasteiger partial charge in [0.05, 0.1) is 13.7 Å². The summed E-state index contributed by atoms with van der Waals surface area (Å²) in [4.78, 5) is 27.4. The number of nitrogens with zero attached hydrogens (tertiary/aromatic N) is 1. The molecule has 2 aromatic rings. The number of anilines is 1. The Balaban J connectivity index is 1.16. The number of rotatable bonds is 8. The highest BCUT2D eigenvalue weighted by Crippen LogP contribution is 2.53. The minimum Gasteiger partial charge on any atom is -0.493 e. The van der Waals surface area contributed by atoms with Crippen molar-refractivity contribution in [2.75, 3.05) is 32.1 Å². The smallest absolute Gasteiger partial charge is 0.403 e. The predicted octanol–water partition coefficient (Wildman–Crippen LogP) is 6.17. The largest absolute Gasteiger partial charge is 0.493 e. The van der Waals surface area contributed by atoms with Gasteiger partial charge in [0, 0.05) is 24.3 Å². The zero-order chi connectivity index (χ0) is 26.9. The third kappa shape index (κ3) is 5.33. The van der Waals surface area contributed by atoms with Crippen LogP contribution in [0.3, 0.4) is 0 Å². The number of amides is 2. The number of benzene rings is 2. The average molecular weight is 531 g/mol. The fraction of sp³-hybridized carbons (Fsp3) is 0.517. The van der Waals surface area contributed by atoms with Crippen LogP contribution in [0, 0.1) is 11.3 Å². The molecule has 0 spiro atoms. The summed E-state index contributed by atoms with van der Waals surface area (Å²) in [5, 5.41) is 2.46. The van der Waals surface area contributed by atoms with Crippen molar-refractivity contribution in [2.24, 2.45) is 11.3 Å². The van der Waals surface area contributed by atoms with Crippen molar-refractivity contribution in [3.8, 4) is 11.5 Å². The Bertz CT molecular complexity index is 1170. The Morgan fingerprint density at radius 3 is 2.24 bits per heavy atom. The summed E-state index contributed by atoms with van der Waals surface area (Å²) in [5.41, 5.74) is -0.289. The summed E-state index contributed by atoms with van der Waals surface area (Å²) in [6, 6.07) is 12.3. The van der Waals surface area contributed by atoms with Crippen LogP contribution in [0.15, 0.2) is 42.5 Å². The van der Waals surface area contributed by atoms with Crippen molar-refractivity contribution < 1.29 is 32.2 Å². The number of carbonyl (C=O) groups excluding carboxylic acids is 2. The van der Waals surface area contributed by atoms with Crippen molar-refractivity contribution in [2.45, 2.75) is 57.0 Å². The van der Waals surface area contributed by atoms with Gasteiger partial charge in [0.2, 0.25) is 5.91 Å². The highest BCUT2D eigenvalue weighted by molar-refractivity contribution is 5.96. The Morgan fingerprint density at radius 2 is 1.68 bits per heavy atom. The summed E-state index contributed by atoms with van der Waals surface area (Å²) < 4.78 is 51.6. The maximum atomic E-state index is 13.4. The molecular weight excluding hydrogens is 497 g/mol.